The number of aliphatic hydroxyl groups excluding tert-OH is 1. The molecule has 0 atom stereocenters. The summed E-state index contributed by atoms with van der Waals surface area (Å²) in [7, 11) is 0. The fraction of sp³-hybridized carbons (Fsp3) is 0.538. The van der Waals surface area contributed by atoms with Crippen LogP contribution in [0, 0.1) is 5.41 Å². The number of nitrogens with two attached hydrogens (primary N) is 1. The SMILES string of the molecule is CC1(CO)CC(Nc2c(N)cc(Br)cc2C(F)(F)F)C1. The lowest BCUT2D eigenvalue weighted by atomic mass is 9.67. The molecule has 1 aliphatic carbocycles. The number of hydrogen-bond acceptors (Lipinski definition) is 3. The molecule has 2 rings (SSSR count). The van der Waals surface area contributed by atoms with Gasteiger partial charge in [-0.3, -0.25) is 0 Å². The van der Waals surface area contributed by atoms with E-state index in [1.54, 1.807) is 0 Å². The van der Waals surface area contributed by atoms with E-state index in [1.165, 1.54) is 6.07 Å². The van der Waals surface area contributed by atoms with Crippen LogP contribution in [0.2, 0.25) is 0 Å². The number of nitrogens with one attached hydrogen (secondary N) is 1. The summed E-state index contributed by atoms with van der Waals surface area (Å²) in [4.78, 5) is 0. The maximum atomic E-state index is 13.0. The maximum absolute atomic E-state index is 13.0. The molecule has 0 radical (unpaired) electrons. The van der Waals surface area contributed by atoms with E-state index < -0.39 is 11.7 Å². The van der Waals surface area contributed by atoms with Gasteiger partial charge in [0, 0.05) is 17.1 Å². The van der Waals surface area contributed by atoms with Crippen molar-refractivity contribution in [2.24, 2.45) is 5.41 Å². The van der Waals surface area contributed by atoms with Crippen molar-refractivity contribution in [2.45, 2.75) is 32.0 Å². The predicted molar refractivity (Wildman–Crippen MR) is 75.4 cm³/mol. The second kappa shape index (κ2) is 5.11. The number of hydrogen-bond donors (Lipinski definition) is 3. The molecule has 0 aliphatic heterocycles. The Kier molecular flexibility index (Phi) is 3.94. The Hall–Kier alpha value is -0.950. The van der Waals surface area contributed by atoms with Crippen LogP contribution >= 0.6 is 15.9 Å². The van der Waals surface area contributed by atoms with Gasteiger partial charge in [-0.25, -0.2) is 0 Å². The quantitative estimate of drug-likeness (QED) is 0.728. The highest BCUT2D eigenvalue weighted by Gasteiger charge is 2.41. The van der Waals surface area contributed by atoms with Crippen molar-refractivity contribution >= 4 is 27.3 Å². The molecule has 0 amide bonds. The second-order valence-electron chi connectivity index (χ2n) is 5.63. The van der Waals surface area contributed by atoms with Crippen molar-refractivity contribution in [3.05, 3.63) is 22.2 Å². The molecular formula is C13H16BrF3N2O. The summed E-state index contributed by atoms with van der Waals surface area (Å²) in [5.41, 5.74) is 4.70. The summed E-state index contributed by atoms with van der Waals surface area (Å²) in [6.45, 7) is 1.94. The van der Waals surface area contributed by atoms with E-state index in [2.05, 4.69) is 21.2 Å². The van der Waals surface area contributed by atoms with Gasteiger partial charge in [0.25, 0.3) is 0 Å². The molecule has 1 saturated carbocycles. The van der Waals surface area contributed by atoms with Crippen molar-refractivity contribution in [1.29, 1.82) is 0 Å². The van der Waals surface area contributed by atoms with Crippen LogP contribution in [-0.4, -0.2) is 17.8 Å². The predicted octanol–water partition coefficient (Wildman–Crippen LogP) is 3.62. The first-order valence-electron chi connectivity index (χ1n) is 6.18. The lowest BCUT2D eigenvalue weighted by Gasteiger charge is -2.45. The minimum atomic E-state index is -4.47. The van der Waals surface area contributed by atoms with Crippen LogP contribution in [0.15, 0.2) is 16.6 Å². The van der Waals surface area contributed by atoms with Gasteiger partial charge in [0.05, 0.1) is 16.9 Å². The molecule has 1 aromatic rings. The van der Waals surface area contributed by atoms with Gasteiger partial charge in [0.2, 0.25) is 0 Å². The zero-order valence-electron chi connectivity index (χ0n) is 10.9. The monoisotopic (exact) mass is 352 g/mol. The zero-order valence-corrected chi connectivity index (χ0v) is 12.5. The van der Waals surface area contributed by atoms with E-state index >= 15 is 0 Å². The maximum Gasteiger partial charge on any atom is 0.418 e. The summed E-state index contributed by atoms with van der Waals surface area (Å²) in [5, 5.41) is 12.0. The first-order chi connectivity index (χ1) is 9.14. The largest absolute Gasteiger partial charge is 0.418 e. The summed E-state index contributed by atoms with van der Waals surface area (Å²) in [5.74, 6) is 0. The summed E-state index contributed by atoms with van der Waals surface area (Å²) < 4.78 is 39.4. The zero-order chi connectivity index (χ0) is 15.1. The number of aliphatic hydroxyl groups is 1. The highest BCUT2D eigenvalue weighted by atomic mass is 79.9. The molecule has 0 spiro atoms. The lowest BCUT2D eigenvalue weighted by molar-refractivity contribution is -0.137. The number of anilines is 2. The normalized spacial score (nSPS) is 26.2. The Balaban J connectivity index is 2.24. The molecule has 1 aromatic carbocycles. The van der Waals surface area contributed by atoms with Gasteiger partial charge in [0.15, 0.2) is 0 Å². The third-order valence-corrected chi connectivity index (χ3v) is 4.11. The van der Waals surface area contributed by atoms with Crippen molar-refractivity contribution < 1.29 is 18.3 Å². The molecule has 0 unspecified atom stereocenters. The first kappa shape index (κ1) is 15.4. The highest BCUT2D eigenvalue weighted by Crippen LogP contribution is 2.45. The minimum absolute atomic E-state index is 0.0348. The van der Waals surface area contributed by atoms with E-state index in [1.807, 2.05) is 6.92 Å². The second-order valence-corrected chi connectivity index (χ2v) is 6.55. The van der Waals surface area contributed by atoms with Gasteiger partial charge in [-0.1, -0.05) is 22.9 Å². The van der Waals surface area contributed by atoms with Crippen LogP contribution in [0.5, 0.6) is 0 Å². The molecule has 112 valence electrons. The number of halogens is 4. The van der Waals surface area contributed by atoms with E-state index in [4.69, 9.17) is 10.8 Å². The first-order valence-corrected chi connectivity index (χ1v) is 6.97. The summed E-state index contributed by atoms with van der Waals surface area (Å²) in [6, 6.07) is 2.36. The molecule has 1 fully saturated rings. The molecule has 1 aliphatic rings. The number of alkyl halides is 3. The van der Waals surface area contributed by atoms with Crippen LogP contribution in [0.1, 0.15) is 25.3 Å². The molecule has 0 saturated heterocycles. The third kappa shape index (κ3) is 3.03. The smallest absolute Gasteiger partial charge is 0.397 e. The van der Waals surface area contributed by atoms with Gasteiger partial charge in [-0.15, -0.1) is 0 Å². The molecule has 0 aromatic heterocycles. The molecule has 20 heavy (non-hydrogen) atoms. The molecular weight excluding hydrogens is 337 g/mol. The van der Waals surface area contributed by atoms with Gasteiger partial charge < -0.3 is 16.2 Å². The van der Waals surface area contributed by atoms with E-state index in [-0.39, 0.29) is 29.4 Å². The molecule has 0 heterocycles. The van der Waals surface area contributed by atoms with Crippen molar-refractivity contribution in [2.75, 3.05) is 17.7 Å². The summed E-state index contributed by atoms with van der Waals surface area (Å²) >= 11 is 3.03. The van der Waals surface area contributed by atoms with E-state index in [0.29, 0.717) is 17.3 Å². The Morgan fingerprint density at radius 1 is 1.45 bits per heavy atom. The van der Waals surface area contributed by atoms with E-state index in [0.717, 1.165) is 6.07 Å². The standard InChI is InChI=1S/C13H16BrF3N2O/c1-12(6-20)4-8(5-12)19-11-9(13(15,16)17)2-7(14)3-10(11)18/h2-3,8,19-20H,4-6,18H2,1H3. The van der Waals surface area contributed by atoms with Crippen LogP contribution < -0.4 is 11.1 Å². The summed E-state index contributed by atoms with van der Waals surface area (Å²) in [6.07, 6.45) is -3.23. The Bertz CT molecular complexity index is 513. The number of nitrogen functional groups attached to an aromatic ring is 1. The topological polar surface area (TPSA) is 58.3 Å². The Morgan fingerprint density at radius 3 is 2.55 bits per heavy atom. The van der Waals surface area contributed by atoms with Gasteiger partial charge in [0.1, 0.15) is 0 Å². The van der Waals surface area contributed by atoms with Crippen LogP contribution in [-0.2, 0) is 6.18 Å². The van der Waals surface area contributed by atoms with Crippen LogP contribution in [0.25, 0.3) is 0 Å². The molecule has 3 nitrogen and oxygen atoms in total. The average molecular weight is 353 g/mol. The minimum Gasteiger partial charge on any atom is -0.397 e. The lowest BCUT2D eigenvalue weighted by Crippen LogP contribution is -2.45. The molecule has 7 heteroatoms. The molecule has 0 bridgehead atoms. The average Bonchev–Trinajstić information content (AvgIpc) is 2.28. The number of benzene rings is 1. The fourth-order valence-corrected chi connectivity index (χ4v) is 3.05. The number of rotatable bonds is 3. The van der Waals surface area contributed by atoms with Crippen molar-refractivity contribution in [1.82, 2.24) is 0 Å². The van der Waals surface area contributed by atoms with E-state index in [9.17, 15) is 13.2 Å². The third-order valence-electron chi connectivity index (χ3n) is 3.65. The van der Waals surface area contributed by atoms with Gasteiger partial charge >= 0.3 is 6.18 Å². The van der Waals surface area contributed by atoms with Gasteiger partial charge in [-0.2, -0.15) is 13.2 Å². The van der Waals surface area contributed by atoms with Crippen molar-refractivity contribution in [3.63, 3.8) is 0 Å². The van der Waals surface area contributed by atoms with Crippen LogP contribution in [0.3, 0.4) is 0 Å². The van der Waals surface area contributed by atoms with Gasteiger partial charge in [-0.05, 0) is 30.4 Å². The highest BCUT2D eigenvalue weighted by molar-refractivity contribution is 9.10. The Labute approximate surface area is 123 Å². The van der Waals surface area contributed by atoms with Crippen LogP contribution in [0.4, 0.5) is 24.5 Å². The fourth-order valence-electron chi connectivity index (χ4n) is 2.58. The molecule has 4 N–H and O–H groups in total. The van der Waals surface area contributed by atoms with Crippen molar-refractivity contribution in [3.8, 4) is 0 Å². The Morgan fingerprint density at radius 2 is 2.05 bits per heavy atom.